The molecular formula is C28H32ClN3O3S. The Hall–Kier alpha value is -2.87. The maximum atomic E-state index is 13.7. The van der Waals surface area contributed by atoms with Crippen molar-refractivity contribution in [1.82, 2.24) is 9.80 Å². The van der Waals surface area contributed by atoms with Crippen LogP contribution in [0.5, 0.6) is 0 Å². The Morgan fingerprint density at radius 2 is 1.44 bits per heavy atom. The van der Waals surface area contributed by atoms with Gasteiger partial charge >= 0.3 is 0 Å². The Bertz CT molecular complexity index is 1220. The minimum Gasteiger partial charge on any atom is -0.338 e. The summed E-state index contributed by atoms with van der Waals surface area (Å²) in [6.07, 6.45) is 1.49. The third kappa shape index (κ3) is 5.91. The second kappa shape index (κ2) is 11.5. The topological polar surface area (TPSA) is 60.9 Å². The van der Waals surface area contributed by atoms with Gasteiger partial charge < -0.3 is 4.90 Å². The summed E-state index contributed by atoms with van der Waals surface area (Å²) in [5.74, 6) is -0.182. The summed E-state index contributed by atoms with van der Waals surface area (Å²) in [6.45, 7) is 4.26. The van der Waals surface area contributed by atoms with E-state index in [0.717, 1.165) is 6.26 Å². The van der Waals surface area contributed by atoms with E-state index in [1.165, 1.54) is 15.4 Å². The van der Waals surface area contributed by atoms with Gasteiger partial charge in [-0.25, -0.2) is 8.42 Å². The summed E-state index contributed by atoms with van der Waals surface area (Å²) in [4.78, 5) is 17.8. The molecule has 0 aliphatic carbocycles. The fourth-order valence-corrected chi connectivity index (χ4v) is 6.34. The Labute approximate surface area is 219 Å². The van der Waals surface area contributed by atoms with Crippen LogP contribution in [0.1, 0.15) is 30.5 Å². The fourth-order valence-electron chi connectivity index (χ4n) is 4.95. The van der Waals surface area contributed by atoms with Gasteiger partial charge in [0.25, 0.3) is 0 Å². The molecule has 0 saturated carbocycles. The molecule has 0 N–H and O–H groups in total. The standard InChI is InChI=1S/C28H32ClN3O3S/c1-3-26(32(36(2,34)35)25-16-10-15-24(29)21-25)28(33)31-19-17-30(18-20-31)27(22-11-6-4-7-12-22)23-13-8-5-9-14-23/h4-16,21,26-27H,3,17-20H2,1-2H3/t26-/m0/s1. The van der Waals surface area contributed by atoms with Crippen molar-refractivity contribution in [3.63, 3.8) is 0 Å². The number of nitrogens with zero attached hydrogens (tertiary/aromatic N) is 3. The van der Waals surface area contributed by atoms with Gasteiger partial charge in [-0.3, -0.25) is 14.0 Å². The molecule has 3 aromatic carbocycles. The normalized spacial score (nSPS) is 15.6. The van der Waals surface area contributed by atoms with E-state index in [1.54, 1.807) is 29.2 Å². The number of carbonyl (C=O) groups excluding carboxylic acids is 1. The number of hydrogen-bond donors (Lipinski definition) is 0. The fraction of sp³-hybridized carbons (Fsp3) is 0.321. The van der Waals surface area contributed by atoms with Crippen LogP contribution in [-0.2, 0) is 14.8 Å². The zero-order chi connectivity index (χ0) is 25.7. The number of hydrogen-bond acceptors (Lipinski definition) is 4. The van der Waals surface area contributed by atoms with Crippen LogP contribution in [0, 0.1) is 0 Å². The van der Waals surface area contributed by atoms with Crippen molar-refractivity contribution in [1.29, 1.82) is 0 Å². The van der Waals surface area contributed by atoms with E-state index in [-0.39, 0.29) is 11.9 Å². The van der Waals surface area contributed by atoms with E-state index in [2.05, 4.69) is 29.2 Å². The second-order valence-corrected chi connectivity index (χ2v) is 11.3. The van der Waals surface area contributed by atoms with Crippen molar-refractivity contribution in [3.05, 3.63) is 101 Å². The summed E-state index contributed by atoms with van der Waals surface area (Å²) in [5.41, 5.74) is 2.82. The van der Waals surface area contributed by atoms with E-state index in [4.69, 9.17) is 11.6 Å². The van der Waals surface area contributed by atoms with Crippen LogP contribution in [0.3, 0.4) is 0 Å². The summed E-state index contributed by atoms with van der Waals surface area (Å²) in [7, 11) is -3.71. The third-order valence-electron chi connectivity index (χ3n) is 6.60. The highest BCUT2D eigenvalue weighted by molar-refractivity contribution is 7.92. The summed E-state index contributed by atoms with van der Waals surface area (Å²) < 4.78 is 26.8. The highest BCUT2D eigenvalue weighted by Crippen LogP contribution is 2.30. The smallest absolute Gasteiger partial charge is 0.246 e. The third-order valence-corrected chi connectivity index (χ3v) is 8.01. The molecule has 0 spiro atoms. The van der Waals surface area contributed by atoms with Gasteiger partial charge in [-0.2, -0.15) is 0 Å². The predicted octanol–water partition coefficient (Wildman–Crippen LogP) is 4.82. The lowest BCUT2D eigenvalue weighted by Gasteiger charge is -2.42. The molecule has 1 aliphatic rings. The quantitative estimate of drug-likeness (QED) is 0.423. The van der Waals surface area contributed by atoms with E-state index < -0.39 is 16.1 Å². The summed E-state index contributed by atoms with van der Waals surface area (Å²) in [6, 6.07) is 26.7. The first-order valence-electron chi connectivity index (χ1n) is 12.2. The van der Waals surface area contributed by atoms with Crippen LogP contribution in [0.4, 0.5) is 5.69 Å². The second-order valence-electron chi connectivity index (χ2n) is 9.05. The number of sulfonamides is 1. The first-order chi connectivity index (χ1) is 17.3. The van der Waals surface area contributed by atoms with Crippen LogP contribution in [0.15, 0.2) is 84.9 Å². The first kappa shape index (κ1) is 26.2. The average molecular weight is 526 g/mol. The van der Waals surface area contributed by atoms with Crippen molar-refractivity contribution in [2.75, 3.05) is 36.7 Å². The maximum Gasteiger partial charge on any atom is 0.246 e. The van der Waals surface area contributed by atoms with E-state index in [9.17, 15) is 13.2 Å². The molecule has 0 aromatic heterocycles. The molecule has 1 fully saturated rings. The van der Waals surface area contributed by atoms with Gasteiger partial charge in [0.2, 0.25) is 15.9 Å². The minimum absolute atomic E-state index is 0.0885. The molecule has 4 rings (SSSR count). The lowest BCUT2D eigenvalue weighted by Crippen LogP contribution is -2.56. The van der Waals surface area contributed by atoms with Crippen molar-refractivity contribution >= 4 is 33.2 Å². The molecule has 0 radical (unpaired) electrons. The lowest BCUT2D eigenvalue weighted by atomic mass is 9.96. The molecule has 1 heterocycles. The van der Waals surface area contributed by atoms with Gasteiger partial charge in [0, 0.05) is 31.2 Å². The molecule has 0 unspecified atom stereocenters. The molecule has 190 valence electrons. The van der Waals surface area contributed by atoms with Crippen molar-refractivity contribution in [3.8, 4) is 0 Å². The maximum absolute atomic E-state index is 13.7. The van der Waals surface area contributed by atoms with Gasteiger partial charge in [0.15, 0.2) is 0 Å². The zero-order valence-electron chi connectivity index (χ0n) is 20.6. The molecule has 1 amide bonds. The molecule has 3 aromatic rings. The van der Waals surface area contributed by atoms with E-state index in [0.29, 0.717) is 43.3 Å². The van der Waals surface area contributed by atoms with Gasteiger partial charge in [0.1, 0.15) is 6.04 Å². The molecule has 0 bridgehead atoms. The molecule has 36 heavy (non-hydrogen) atoms. The van der Waals surface area contributed by atoms with Crippen LogP contribution in [0.25, 0.3) is 0 Å². The Kier molecular flexibility index (Phi) is 8.34. The lowest BCUT2D eigenvalue weighted by molar-refractivity contribution is -0.134. The van der Waals surface area contributed by atoms with Crippen LogP contribution in [-0.4, -0.2) is 62.6 Å². The van der Waals surface area contributed by atoms with Crippen molar-refractivity contribution in [2.45, 2.75) is 25.4 Å². The largest absolute Gasteiger partial charge is 0.338 e. The highest BCUT2D eigenvalue weighted by Gasteiger charge is 2.36. The number of benzene rings is 3. The van der Waals surface area contributed by atoms with E-state index >= 15 is 0 Å². The van der Waals surface area contributed by atoms with Gasteiger partial charge in [-0.05, 0) is 35.7 Å². The van der Waals surface area contributed by atoms with Crippen molar-refractivity contribution in [2.24, 2.45) is 0 Å². The number of amides is 1. The Balaban J connectivity index is 1.54. The van der Waals surface area contributed by atoms with Crippen LogP contribution < -0.4 is 4.31 Å². The number of halogens is 1. The van der Waals surface area contributed by atoms with Gasteiger partial charge in [-0.15, -0.1) is 0 Å². The number of piperazine rings is 1. The Morgan fingerprint density at radius 3 is 1.92 bits per heavy atom. The van der Waals surface area contributed by atoms with E-state index in [1.807, 2.05) is 43.3 Å². The number of carbonyl (C=O) groups is 1. The monoisotopic (exact) mass is 525 g/mol. The number of anilines is 1. The van der Waals surface area contributed by atoms with Gasteiger partial charge in [-0.1, -0.05) is 85.3 Å². The van der Waals surface area contributed by atoms with Crippen LogP contribution >= 0.6 is 11.6 Å². The molecule has 1 saturated heterocycles. The molecular weight excluding hydrogens is 494 g/mol. The Morgan fingerprint density at radius 1 is 0.889 bits per heavy atom. The average Bonchev–Trinajstić information content (AvgIpc) is 2.88. The van der Waals surface area contributed by atoms with Crippen molar-refractivity contribution < 1.29 is 13.2 Å². The molecule has 8 heteroatoms. The molecule has 6 nitrogen and oxygen atoms in total. The number of rotatable bonds is 8. The van der Waals surface area contributed by atoms with Crippen LogP contribution in [0.2, 0.25) is 5.02 Å². The molecule has 1 atom stereocenters. The first-order valence-corrected chi connectivity index (χ1v) is 14.4. The highest BCUT2D eigenvalue weighted by atomic mass is 35.5. The summed E-state index contributed by atoms with van der Waals surface area (Å²) in [5, 5.41) is 0.421. The molecule has 1 aliphatic heterocycles. The SMILES string of the molecule is CC[C@@H](C(=O)N1CCN(C(c2ccccc2)c2ccccc2)CC1)N(c1cccc(Cl)c1)S(C)(=O)=O. The van der Waals surface area contributed by atoms with Gasteiger partial charge in [0.05, 0.1) is 18.0 Å². The predicted molar refractivity (Wildman–Crippen MR) is 146 cm³/mol. The summed E-state index contributed by atoms with van der Waals surface area (Å²) >= 11 is 6.14. The zero-order valence-corrected chi connectivity index (χ0v) is 22.2. The minimum atomic E-state index is -3.71.